The van der Waals surface area contributed by atoms with E-state index in [1.165, 1.54) is 23.8 Å². The zero-order valence-corrected chi connectivity index (χ0v) is 20.0. The molecule has 0 unspecified atom stereocenters. The van der Waals surface area contributed by atoms with E-state index < -0.39 is 0 Å². The molecule has 0 N–H and O–H groups in total. The molecule has 2 aliphatic heterocycles. The third-order valence-electron chi connectivity index (χ3n) is 6.88. The molecule has 3 aromatic rings. The summed E-state index contributed by atoms with van der Waals surface area (Å²) >= 11 is 1.32. The molecule has 34 heavy (non-hydrogen) atoms. The summed E-state index contributed by atoms with van der Waals surface area (Å²) in [5.41, 5.74) is 0.596. The minimum Gasteiger partial charge on any atom is -0.489 e. The standard InChI is InChI=1S/C27H29FN2O3S/c28-22-10-7-11-23-24(22)21(18-33-20-8-3-1-4-9-20)25(34-23)27(32)30-16-12-19(13-17-30)26(31)29-14-5-2-6-15-29/h1,3-4,7-11,19H,2,5-6,12-18H2. The molecule has 7 heteroatoms. The van der Waals surface area contributed by atoms with E-state index in [0.717, 1.165) is 30.6 Å². The van der Waals surface area contributed by atoms with Crippen molar-refractivity contribution in [3.63, 3.8) is 0 Å². The Bertz CT molecular complexity index is 1170. The first kappa shape index (κ1) is 22.8. The van der Waals surface area contributed by atoms with E-state index in [2.05, 4.69) is 0 Å². The number of amides is 2. The number of carbonyl (C=O) groups is 2. The van der Waals surface area contributed by atoms with Crippen molar-refractivity contribution in [3.8, 4) is 5.75 Å². The number of carbonyl (C=O) groups excluding carboxylic acids is 2. The number of halogens is 1. The molecule has 0 saturated carbocycles. The first-order valence-corrected chi connectivity index (χ1v) is 12.9. The maximum absolute atomic E-state index is 14.8. The number of ether oxygens (including phenoxy) is 1. The van der Waals surface area contributed by atoms with Crippen LogP contribution in [0, 0.1) is 11.7 Å². The highest BCUT2D eigenvalue weighted by Crippen LogP contribution is 2.36. The Kier molecular flexibility index (Phi) is 6.81. The lowest BCUT2D eigenvalue weighted by atomic mass is 9.94. The smallest absolute Gasteiger partial charge is 0.264 e. The lowest BCUT2D eigenvalue weighted by Crippen LogP contribution is -2.45. The third-order valence-corrected chi connectivity index (χ3v) is 8.07. The molecule has 2 aliphatic rings. The number of benzene rings is 2. The van der Waals surface area contributed by atoms with Crippen LogP contribution in [0.1, 0.15) is 47.3 Å². The molecule has 178 valence electrons. The minimum atomic E-state index is -0.342. The summed E-state index contributed by atoms with van der Waals surface area (Å²) in [5.74, 6) is 0.464. The maximum Gasteiger partial charge on any atom is 0.264 e. The Labute approximate surface area is 203 Å². The molecule has 1 aromatic heterocycles. The topological polar surface area (TPSA) is 49.9 Å². The Hall–Kier alpha value is -2.93. The normalized spacial score (nSPS) is 17.2. The second kappa shape index (κ2) is 10.1. The lowest BCUT2D eigenvalue weighted by Gasteiger charge is -2.35. The zero-order chi connectivity index (χ0) is 23.5. The van der Waals surface area contributed by atoms with Crippen LogP contribution >= 0.6 is 11.3 Å². The van der Waals surface area contributed by atoms with Crippen LogP contribution in [-0.2, 0) is 11.4 Å². The Morgan fingerprint density at radius 2 is 1.65 bits per heavy atom. The summed E-state index contributed by atoms with van der Waals surface area (Å²) in [7, 11) is 0. The van der Waals surface area contributed by atoms with Gasteiger partial charge >= 0.3 is 0 Å². The fourth-order valence-corrected chi connectivity index (χ4v) is 6.19. The summed E-state index contributed by atoms with van der Waals surface area (Å²) in [4.78, 5) is 30.8. The van der Waals surface area contributed by atoms with Gasteiger partial charge in [0.15, 0.2) is 0 Å². The van der Waals surface area contributed by atoms with Gasteiger partial charge in [-0.3, -0.25) is 9.59 Å². The van der Waals surface area contributed by atoms with Crippen LogP contribution in [0.15, 0.2) is 48.5 Å². The van der Waals surface area contributed by atoms with Gasteiger partial charge < -0.3 is 14.5 Å². The van der Waals surface area contributed by atoms with Crippen molar-refractivity contribution in [2.45, 2.75) is 38.7 Å². The molecule has 0 aliphatic carbocycles. The van der Waals surface area contributed by atoms with E-state index >= 15 is 0 Å². The molecular formula is C27H29FN2O3S. The highest BCUT2D eigenvalue weighted by Gasteiger charge is 2.32. The third kappa shape index (κ3) is 4.67. The molecule has 2 aromatic carbocycles. The van der Waals surface area contributed by atoms with Crippen molar-refractivity contribution in [2.24, 2.45) is 5.92 Å². The Balaban J connectivity index is 1.33. The minimum absolute atomic E-state index is 0.0112. The number of fused-ring (bicyclic) bond motifs is 1. The van der Waals surface area contributed by atoms with Crippen molar-refractivity contribution in [3.05, 3.63) is 64.8 Å². The molecule has 0 radical (unpaired) electrons. The molecule has 0 atom stereocenters. The molecule has 0 spiro atoms. The first-order valence-electron chi connectivity index (χ1n) is 12.1. The molecule has 2 fully saturated rings. The van der Waals surface area contributed by atoms with E-state index in [9.17, 15) is 14.0 Å². The highest BCUT2D eigenvalue weighted by atomic mass is 32.1. The number of likely N-dealkylation sites (tertiary alicyclic amines) is 2. The molecule has 0 bridgehead atoms. The maximum atomic E-state index is 14.8. The lowest BCUT2D eigenvalue weighted by molar-refractivity contribution is -0.137. The number of hydrogen-bond donors (Lipinski definition) is 0. The van der Waals surface area contributed by atoms with Crippen LogP contribution in [0.5, 0.6) is 5.75 Å². The average Bonchev–Trinajstić information content (AvgIpc) is 3.27. The molecule has 5 nitrogen and oxygen atoms in total. The zero-order valence-electron chi connectivity index (χ0n) is 19.2. The summed E-state index contributed by atoms with van der Waals surface area (Å²) in [6.07, 6.45) is 4.72. The van der Waals surface area contributed by atoms with Crippen LogP contribution < -0.4 is 4.74 Å². The van der Waals surface area contributed by atoms with Gasteiger partial charge in [-0.05, 0) is 56.4 Å². The number of nitrogens with zero attached hydrogens (tertiary/aromatic N) is 2. The fourth-order valence-electron chi connectivity index (χ4n) is 5.00. The predicted molar refractivity (Wildman–Crippen MR) is 132 cm³/mol. The second-order valence-electron chi connectivity index (χ2n) is 9.08. The number of piperidine rings is 2. The monoisotopic (exact) mass is 480 g/mol. The van der Waals surface area contributed by atoms with Gasteiger partial charge in [0.05, 0.1) is 4.88 Å². The van der Waals surface area contributed by atoms with Crippen molar-refractivity contribution < 1.29 is 18.7 Å². The summed E-state index contributed by atoms with van der Waals surface area (Å²) < 4.78 is 21.5. The van der Waals surface area contributed by atoms with Crippen LogP contribution in [0.2, 0.25) is 0 Å². The van der Waals surface area contributed by atoms with Gasteiger partial charge in [0.2, 0.25) is 5.91 Å². The van der Waals surface area contributed by atoms with Crippen molar-refractivity contribution in [1.29, 1.82) is 0 Å². The number of para-hydroxylation sites is 1. The van der Waals surface area contributed by atoms with Gasteiger partial charge in [-0.2, -0.15) is 0 Å². The van der Waals surface area contributed by atoms with Crippen molar-refractivity contribution >= 4 is 33.2 Å². The predicted octanol–water partition coefficient (Wildman–Crippen LogP) is 5.48. The Morgan fingerprint density at radius 1 is 0.912 bits per heavy atom. The number of rotatable bonds is 5. The van der Waals surface area contributed by atoms with E-state index in [0.29, 0.717) is 47.5 Å². The summed E-state index contributed by atoms with van der Waals surface area (Å²) in [5, 5.41) is 0.460. The second-order valence-corrected chi connectivity index (χ2v) is 10.1. The van der Waals surface area contributed by atoms with Gasteiger partial charge in [0.1, 0.15) is 18.2 Å². The van der Waals surface area contributed by atoms with Crippen LogP contribution in [0.4, 0.5) is 4.39 Å². The van der Waals surface area contributed by atoms with Gasteiger partial charge in [0, 0.05) is 47.7 Å². The number of hydrogen-bond acceptors (Lipinski definition) is 4. The SMILES string of the molecule is O=C(c1sc2cccc(F)c2c1COc1ccccc1)N1CCC(C(=O)N2CCCCC2)CC1. The van der Waals surface area contributed by atoms with Gasteiger partial charge in [0.25, 0.3) is 5.91 Å². The van der Waals surface area contributed by atoms with E-state index in [-0.39, 0.29) is 30.2 Å². The number of thiophene rings is 1. The first-order chi connectivity index (χ1) is 16.6. The molecule has 2 amide bonds. The summed E-state index contributed by atoms with van der Waals surface area (Å²) in [6.45, 7) is 2.92. The molecule has 3 heterocycles. The van der Waals surface area contributed by atoms with Gasteiger partial charge in [-0.1, -0.05) is 24.3 Å². The van der Waals surface area contributed by atoms with Crippen molar-refractivity contribution in [2.75, 3.05) is 26.2 Å². The van der Waals surface area contributed by atoms with Gasteiger partial charge in [-0.25, -0.2) is 4.39 Å². The quantitative estimate of drug-likeness (QED) is 0.486. The largest absolute Gasteiger partial charge is 0.489 e. The average molecular weight is 481 g/mol. The molecular weight excluding hydrogens is 451 g/mol. The van der Waals surface area contributed by atoms with E-state index in [1.807, 2.05) is 46.2 Å². The fraction of sp³-hybridized carbons (Fsp3) is 0.407. The van der Waals surface area contributed by atoms with E-state index in [4.69, 9.17) is 4.74 Å². The van der Waals surface area contributed by atoms with Gasteiger partial charge in [-0.15, -0.1) is 11.3 Å². The van der Waals surface area contributed by atoms with Crippen LogP contribution in [-0.4, -0.2) is 47.8 Å². The summed E-state index contributed by atoms with van der Waals surface area (Å²) in [6, 6.07) is 14.3. The van der Waals surface area contributed by atoms with E-state index in [1.54, 1.807) is 6.07 Å². The molecule has 5 rings (SSSR count). The van der Waals surface area contributed by atoms with Crippen molar-refractivity contribution in [1.82, 2.24) is 9.80 Å². The molecule has 2 saturated heterocycles. The highest BCUT2D eigenvalue weighted by molar-refractivity contribution is 7.21. The van der Waals surface area contributed by atoms with Crippen LogP contribution in [0.3, 0.4) is 0 Å². The van der Waals surface area contributed by atoms with Crippen LogP contribution in [0.25, 0.3) is 10.1 Å². The Morgan fingerprint density at radius 3 is 2.38 bits per heavy atom.